The Kier molecular flexibility index (Phi) is 5.65. The Morgan fingerprint density at radius 1 is 1.44 bits per heavy atom. The molecule has 1 aliphatic heterocycles. The molecule has 8 heteroatoms. The number of carbonyl (C=O) groups excluding carboxylic acids is 1. The minimum absolute atomic E-state index is 0. The van der Waals surface area contributed by atoms with E-state index in [0.717, 1.165) is 51.8 Å². The molecule has 1 saturated heterocycles. The quantitative estimate of drug-likeness (QED) is 0.825. The fraction of sp³-hybridized carbons (Fsp3) is 0.824. The van der Waals surface area contributed by atoms with Gasteiger partial charge in [0.25, 0.3) is 5.91 Å². The van der Waals surface area contributed by atoms with Gasteiger partial charge in [-0.3, -0.25) is 4.79 Å². The lowest BCUT2D eigenvalue weighted by Crippen LogP contribution is -2.67. The summed E-state index contributed by atoms with van der Waals surface area (Å²) in [5.41, 5.74) is 0.610. The first kappa shape index (κ1) is 18.6. The molecule has 2 aliphatic carbocycles. The van der Waals surface area contributed by atoms with E-state index in [2.05, 4.69) is 20.9 Å². The number of halogens is 1. The van der Waals surface area contributed by atoms with Crippen molar-refractivity contribution in [2.24, 2.45) is 5.41 Å². The van der Waals surface area contributed by atoms with E-state index < -0.39 is 0 Å². The largest absolute Gasteiger partial charge is 0.378 e. The lowest BCUT2D eigenvalue weighted by molar-refractivity contribution is -0.169. The molecule has 4 rings (SSSR count). The molecular weight excluding hydrogens is 342 g/mol. The Morgan fingerprint density at radius 3 is 2.84 bits per heavy atom. The standard InChI is InChI=1S/C17H27N5O2.ClH/c1-2-24-15-10-14(17(15)6-3-7-17)19-16(23)13-11-22(21-20-13)12-4-8-18-9-5-12;/h11-12,14-15,18H,2-10H2,1H3,(H,19,23);1H. The topological polar surface area (TPSA) is 81.1 Å². The first-order valence-electron chi connectivity index (χ1n) is 9.28. The Morgan fingerprint density at radius 2 is 2.20 bits per heavy atom. The second-order valence-corrected chi connectivity index (χ2v) is 7.36. The van der Waals surface area contributed by atoms with Crippen molar-refractivity contribution in [2.75, 3.05) is 19.7 Å². The molecule has 0 bridgehead atoms. The summed E-state index contributed by atoms with van der Waals surface area (Å²) in [6.45, 7) is 4.78. The number of nitrogens with zero attached hydrogens (tertiary/aromatic N) is 3. The minimum Gasteiger partial charge on any atom is -0.378 e. The van der Waals surface area contributed by atoms with Crippen LogP contribution in [0.4, 0.5) is 0 Å². The summed E-state index contributed by atoms with van der Waals surface area (Å²) in [7, 11) is 0. The van der Waals surface area contributed by atoms with Gasteiger partial charge >= 0.3 is 0 Å². The molecule has 2 saturated carbocycles. The predicted octanol–water partition coefficient (Wildman–Crippen LogP) is 1.70. The second-order valence-electron chi connectivity index (χ2n) is 7.36. The van der Waals surface area contributed by atoms with Crippen LogP contribution >= 0.6 is 12.4 Å². The normalized spacial score (nSPS) is 27.9. The van der Waals surface area contributed by atoms with Crippen LogP contribution in [0.2, 0.25) is 0 Å². The molecule has 7 nitrogen and oxygen atoms in total. The average molecular weight is 370 g/mol. The molecule has 0 aromatic carbocycles. The van der Waals surface area contributed by atoms with Crippen LogP contribution in [0.1, 0.15) is 62.0 Å². The zero-order valence-electron chi connectivity index (χ0n) is 14.7. The Bertz CT molecular complexity index is 598. The second kappa shape index (κ2) is 7.60. The van der Waals surface area contributed by atoms with Crippen molar-refractivity contribution >= 4 is 18.3 Å². The van der Waals surface area contributed by atoms with Crippen LogP contribution in [-0.4, -0.2) is 52.7 Å². The number of hydrogen-bond donors (Lipinski definition) is 2. The smallest absolute Gasteiger partial charge is 0.273 e. The molecule has 1 aromatic heterocycles. The van der Waals surface area contributed by atoms with Crippen molar-refractivity contribution in [3.63, 3.8) is 0 Å². The third kappa shape index (κ3) is 3.29. The highest BCUT2D eigenvalue weighted by molar-refractivity contribution is 5.92. The van der Waals surface area contributed by atoms with Crippen LogP contribution in [0.3, 0.4) is 0 Å². The SMILES string of the molecule is CCOC1CC(NC(=O)c2cn(C3CCNCC3)nn2)C12CCC2.Cl. The van der Waals surface area contributed by atoms with Gasteiger partial charge in [0, 0.05) is 18.1 Å². The van der Waals surface area contributed by atoms with Crippen LogP contribution in [-0.2, 0) is 4.74 Å². The number of piperidine rings is 1. The molecule has 3 fully saturated rings. The van der Waals surface area contributed by atoms with Crippen molar-refractivity contribution in [3.05, 3.63) is 11.9 Å². The van der Waals surface area contributed by atoms with Crippen LogP contribution in [0, 0.1) is 5.41 Å². The van der Waals surface area contributed by atoms with Gasteiger partial charge in [-0.1, -0.05) is 11.6 Å². The molecule has 140 valence electrons. The van der Waals surface area contributed by atoms with Crippen LogP contribution in [0.25, 0.3) is 0 Å². The highest BCUT2D eigenvalue weighted by Gasteiger charge is 2.59. The summed E-state index contributed by atoms with van der Waals surface area (Å²) in [6, 6.07) is 0.573. The van der Waals surface area contributed by atoms with Crippen molar-refractivity contribution in [1.82, 2.24) is 25.6 Å². The lowest BCUT2D eigenvalue weighted by atomic mass is 9.51. The van der Waals surface area contributed by atoms with E-state index in [9.17, 15) is 4.79 Å². The van der Waals surface area contributed by atoms with Gasteiger partial charge in [-0.2, -0.15) is 0 Å². The number of ether oxygens (including phenoxy) is 1. The summed E-state index contributed by atoms with van der Waals surface area (Å²) >= 11 is 0. The lowest BCUT2D eigenvalue weighted by Gasteiger charge is -2.60. The summed E-state index contributed by atoms with van der Waals surface area (Å²) in [5.74, 6) is -0.0959. The van der Waals surface area contributed by atoms with Gasteiger partial charge in [0.1, 0.15) is 0 Å². The van der Waals surface area contributed by atoms with Gasteiger partial charge in [0.15, 0.2) is 5.69 Å². The Labute approximate surface area is 154 Å². The number of carbonyl (C=O) groups is 1. The average Bonchev–Trinajstić information content (AvgIpc) is 3.03. The Balaban J connectivity index is 0.00000182. The van der Waals surface area contributed by atoms with Crippen molar-refractivity contribution in [1.29, 1.82) is 0 Å². The summed E-state index contributed by atoms with van der Waals surface area (Å²) < 4.78 is 7.71. The van der Waals surface area contributed by atoms with Crippen molar-refractivity contribution in [3.8, 4) is 0 Å². The van der Waals surface area contributed by atoms with Gasteiger partial charge < -0.3 is 15.4 Å². The third-order valence-electron chi connectivity index (χ3n) is 6.17. The maximum atomic E-state index is 12.6. The van der Waals surface area contributed by atoms with E-state index in [4.69, 9.17) is 4.74 Å². The maximum absolute atomic E-state index is 12.6. The number of amides is 1. The van der Waals surface area contributed by atoms with Crippen molar-refractivity contribution < 1.29 is 9.53 Å². The van der Waals surface area contributed by atoms with Crippen LogP contribution in [0.5, 0.6) is 0 Å². The van der Waals surface area contributed by atoms with Crippen LogP contribution in [0.15, 0.2) is 6.20 Å². The zero-order valence-corrected chi connectivity index (χ0v) is 15.6. The monoisotopic (exact) mass is 369 g/mol. The fourth-order valence-electron chi connectivity index (χ4n) is 4.50. The van der Waals surface area contributed by atoms with E-state index in [1.807, 2.05) is 11.6 Å². The van der Waals surface area contributed by atoms with Crippen LogP contribution < -0.4 is 10.6 Å². The van der Waals surface area contributed by atoms with Gasteiger partial charge in [0.05, 0.1) is 18.3 Å². The van der Waals surface area contributed by atoms with E-state index in [1.165, 1.54) is 6.42 Å². The first-order chi connectivity index (χ1) is 11.7. The molecule has 1 amide bonds. The third-order valence-corrected chi connectivity index (χ3v) is 6.17. The predicted molar refractivity (Wildman–Crippen MR) is 96.0 cm³/mol. The molecule has 1 aromatic rings. The number of hydrogen-bond acceptors (Lipinski definition) is 5. The molecule has 2 atom stereocenters. The molecule has 1 spiro atoms. The molecule has 2 N–H and O–H groups in total. The number of rotatable bonds is 5. The van der Waals surface area contributed by atoms with E-state index >= 15 is 0 Å². The maximum Gasteiger partial charge on any atom is 0.273 e. The zero-order chi connectivity index (χ0) is 16.6. The van der Waals surface area contributed by atoms with E-state index in [1.54, 1.807) is 6.20 Å². The number of nitrogens with one attached hydrogen (secondary N) is 2. The van der Waals surface area contributed by atoms with E-state index in [0.29, 0.717) is 17.8 Å². The van der Waals surface area contributed by atoms with Gasteiger partial charge in [0.2, 0.25) is 0 Å². The summed E-state index contributed by atoms with van der Waals surface area (Å²) in [4.78, 5) is 12.6. The van der Waals surface area contributed by atoms with Gasteiger partial charge in [-0.15, -0.1) is 17.5 Å². The Hall–Kier alpha value is -1.18. The molecule has 3 aliphatic rings. The molecular formula is C17H28ClN5O2. The molecule has 0 radical (unpaired) electrons. The first-order valence-corrected chi connectivity index (χ1v) is 9.28. The molecule has 25 heavy (non-hydrogen) atoms. The van der Waals surface area contributed by atoms with Crippen molar-refractivity contribution in [2.45, 2.75) is 63.6 Å². The number of aromatic nitrogens is 3. The van der Waals surface area contributed by atoms with Gasteiger partial charge in [-0.25, -0.2) is 4.68 Å². The van der Waals surface area contributed by atoms with Gasteiger partial charge in [-0.05, 0) is 52.1 Å². The van der Waals surface area contributed by atoms with E-state index in [-0.39, 0.29) is 29.8 Å². The molecule has 2 unspecified atom stereocenters. The summed E-state index contributed by atoms with van der Waals surface area (Å²) in [6.07, 6.45) is 8.65. The fourth-order valence-corrected chi connectivity index (χ4v) is 4.50. The summed E-state index contributed by atoms with van der Waals surface area (Å²) in [5, 5.41) is 14.8. The molecule has 2 heterocycles. The highest BCUT2D eigenvalue weighted by Crippen LogP contribution is 2.57. The highest BCUT2D eigenvalue weighted by atomic mass is 35.5. The minimum atomic E-state index is -0.0959.